The molecule has 0 saturated carbocycles. The molecule has 0 radical (unpaired) electrons. The van der Waals surface area contributed by atoms with Crippen LogP contribution in [0.5, 0.6) is 5.75 Å². The van der Waals surface area contributed by atoms with E-state index in [1.165, 1.54) is 25.8 Å². The molecule has 0 aliphatic carbocycles. The highest BCUT2D eigenvalue weighted by molar-refractivity contribution is 6.27. The predicted molar refractivity (Wildman–Crippen MR) is 118 cm³/mol. The predicted octanol–water partition coefficient (Wildman–Crippen LogP) is 2.42. The third kappa shape index (κ3) is 11.4. The maximum absolute atomic E-state index is 12.1. The summed E-state index contributed by atoms with van der Waals surface area (Å²) in [6, 6.07) is 8.31. The summed E-state index contributed by atoms with van der Waals surface area (Å²) < 4.78 is 5.12. The molecule has 31 heavy (non-hydrogen) atoms. The van der Waals surface area contributed by atoms with E-state index in [9.17, 15) is 4.79 Å². The molecule has 1 fully saturated rings. The zero-order valence-electron chi connectivity index (χ0n) is 18.6. The Hall–Kier alpha value is -2.65. The normalized spacial score (nSPS) is 17.1. The van der Waals surface area contributed by atoms with Crippen molar-refractivity contribution in [2.24, 2.45) is 0 Å². The highest BCUT2D eigenvalue weighted by Crippen LogP contribution is 2.16. The number of methoxy groups -OCH3 is 1. The Bertz CT molecular complexity index is 683. The third-order valence-corrected chi connectivity index (χ3v) is 5.10. The second-order valence-corrected chi connectivity index (χ2v) is 7.68. The van der Waals surface area contributed by atoms with Crippen LogP contribution in [0, 0.1) is 0 Å². The third-order valence-electron chi connectivity index (χ3n) is 5.10. The van der Waals surface area contributed by atoms with Gasteiger partial charge in [-0.3, -0.25) is 4.79 Å². The SMILES string of the molecule is COc1ccc(NC(=O)CC(C)NCCCN2CCCCC2C)cc1.O=C(O)C(=O)O. The lowest BCUT2D eigenvalue weighted by Crippen LogP contribution is -2.39. The number of anilines is 1. The summed E-state index contributed by atoms with van der Waals surface area (Å²) in [5.74, 6) is -2.82. The van der Waals surface area contributed by atoms with Crippen LogP contribution in [-0.4, -0.2) is 71.8 Å². The average Bonchev–Trinajstić information content (AvgIpc) is 2.73. The number of rotatable bonds is 9. The van der Waals surface area contributed by atoms with Crippen LogP contribution in [0.2, 0.25) is 0 Å². The van der Waals surface area contributed by atoms with Gasteiger partial charge in [-0.1, -0.05) is 6.42 Å². The summed E-state index contributed by atoms with van der Waals surface area (Å²) in [6.07, 6.45) is 5.65. The number of amides is 1. The van der Waals surface area contributed by atoms with Gasteiger partial charge in [0.1, 0.15) is 5.75 Å². The van der Waals surface area contributed by atoms with Gasteiger partial charge in [0.2, 0.25) is 5.91 Å². The number of benzene rings is 1. The lowest BCUT2D eigenvalue weighted by Gasteiger charge is -2.33. The first-order chi connectivity index (χ1) is 14.7. The summed E-state index contributed by atoms with van der Waals surface area (Å²) in [4.78, 5) is 32.9. The number of piperidine rings is 1. The maximum atomic E-state index is 12.1. The number of likely N-dealkylation sites (tertiary alicyclic amines) is 1. The van der Waals surface area contributed by atoms with E-state index in [1.54, 1.807) is 7.11 Å². The fourth-order valence-electron chi connectivity index (χ4n) is 3.36. The van der Waals surface area contributed by atoms with Crippen molar-refractivity contribution in [3.63, 3.8) is 0 Å². The minimum Gasteiger partial charge on any atom is -0.497 e. The first-order valence-corrected chi connectivity index (χ1v) is 10.6. The molecule has 2 rings (SSSR count). The van der Waals surface area contributed by atoms with E-state index < -0.39 is 11.9 Å². The molecular weight excluding hydrogens is 402 g/mol. The van der Waals surface area contributed by atoms with Gasteiger partial charge in [-0.15, -0.1) is 0 Å². The Labute approximate surface area is 183 Å². The van der Waals surface area contributed by atoms with E-state index in [0.29, 0.717) is 6.42 Å². The monoisotopic (exact) mass is 437 g/mol. The van der Waals surface area contributed by atoms with Gasteiger partial charge in [-0.2, -0.15) is 0 Å². The van der Waals surface area contributed by atoms with Gasteiger partial charge in [0.25, 0.3) is 0 Å². The van der Waals surface area contributed by atoms with Crippen LogP contribution in [-0.2, 0) is 14.4 Å². The van der Waals surface area contributed by atoms with Crippen molar-refractivity contribution in [1.82, 2.24) is 10.2 Å². The fraction of sp³-hybridized carbons (Fsp3) is 0.591. The number of aliphatic carboxylic acids is 2. The van der Waals surface area contributed by atoms with Crippen molar-refractivity contribution in [3.05, 3.63) is 24.3 Å². The Morgan fingerprint density at radius 3 is 2.35 bits per heavy atom. The van der Waals surface area contributed by atoms with Gasteiger partial charge >= 0.3 is 11.9 Å². The van der Waals surface area contributed by atoms with Crippen LogP contribution in [0.4, 0.5) is 5.69 Å². The first-order valence-electron chi connectivity index (χ1n) is 10.6. The van der Waals surface area contributed by atoms with Crippen molar-refractivity contribution >= 4 is 23.5 Å². The molecule has 0 bridgehead atoms. The van der Waals surface area contributed by atoms with Crippen molar-refractivity contribution in [2.75, 3.05) is 32.1 Å². The highest BCUT2D eigenvalue weighted by Gasteiger charge is 2.17. The van der Waals surface area contributed by atoms with Crippen molar-refractivity contribution in [3.8, 4) is 5.75 Å². The topological polar surface area (TPSA) is 128 Å². The van der Waals surface area contributed by atoms with Crippen LogP contribution in [0.25, 0.3) is 0 Å². The van der Waals surface area contributed by atoms with E-state index in [0.717, 1.165) is 37.0 Å². The first kappa shape index (κ1) is 26.4. The molecule has 1 aromatic carbocycles. The number of ether oxygens (including phenoxy) is 1. The van der Waals surface area contributed by atoms with Crippen LogP contribution >= 0.6 is 0 Å². The van der Waals surface area contributed by atoms with E-state index in [-0.39, 0.29) is 11.9 Å². The van der Waals surface area contributed by atoms with Gasteiger partial charge in [0.05, 0.1) is 7.11 Å². The molecule has 1 saturated heterocycles. The van der Waals surface area contributed by atoms with Crippen LogP contribution in [0.15, 0.2) is 24.3 Å². The van der Waals surface area contributed by atoms with Crippen molar-refractivity contribution < 1.29 is 29.3 Å². The van der Waals surface area contributed by atoms with E-state index in [1.807, 2.05) is 24.3 Å². The molecule has 1 amide bonds. The molecular formula is C22H35N3O6. The van der Waals surface area contributed by atoms with E-state index in [4.69, 9.17) is 24.5 Å². The molecule has 9 nitrogen and oxygen atoms in total. The number of carboxylic acids is 2. The summed E-state index contributed by atoms with van der Waals surface area (Å²) in [7, 11) is 1.63. The minimum absolute atomic E-state index is 0.0369. The number of carbonyl (C=O) groups excluding carboxylic acids is 1. The van der Waals surface area contributed by atoms with Gasteiger partial charge in [-0.25, -0.2) is 9.59 Å². The summed E-state index contributed by atoms with van der Waals surface area (Å²) in [6.45, 7) is 7.75. The lowest BCUT2D eigenvalue weighted by molar-refractivity contribution is -0.159. The van der Waals surface area contributed by atoms with Crippen LogP contribution in [0.1, 0.15) is 46.0 Å². The summed E-state index contributed by atoms with van der Waals surface area (Å²) in [5, 5.41) is 21.2. The molecule has 2 unspecified atom stereocenters. The van der Waals surface area contributed by atoms with E-state index >= 15 is 0 Å². The summed E-state index contributed by atoms with van der Waals surface area (Å²) in [5.41, 5.74) is 0.803. The number of carboxylic acid groups (broad SMARTS) is 2. The molecule has 1 heterocycles. The van der Waals surface area contributed by atoms with Crippen LogP contribution in [0.3, 0.4) is 0 Å². The molecule has 4 N–H and O–H groups in total. The molecule has 2 atom stereocenters. The molecule has 9 heteroatoms. The average molecular weight is 438 g/mol. The molecule has 0 aromatic heterocycles. The molecule has 174 valence electrons. The van der Waals surface area contributed by atoms with Gasteiger partial charge in [0, 0.05) is 24.2 Å². The lowest BCUT2D eigenvalue weighted by atomic mass is 10.0. The molecule has 0 spiro atoms. The summed E-state index contributed by atoms with van der Waals surface area (Å²) >= 11 is 0. The number of nitrogens with one attached hydrogen (secondary N) is 2. The second kappa shape index (κ2) is 14.4. The van der Waals surface area contributed by atoms with Gasteiger partial charge in [0.15, 0.2) is 0 Å². The van der Waals surface area contributed by atoms with Crippen LogP contribution < -0.4 is 15.4 Å². The number of hydrogen-bond donors (Lipinski definition) is 4. The van der Waals surface area contributed by atoms with Crippen molar-refractivity contribution in [1.29, 1.82) is 0 Å². The fourth-order valence-corrected chi connectivity index (χ4v) is 3.36. The Morgan fingerprint density at radius 2 is 1.81 bits per heavy atom. The standard InChI is InChI=1S/C20H33N3O2.C2H2O4/c1-16(21-12-6-14-23-13-5-4-7-17(23)2)15-20(24)22-18-8-10-19(25-3)11-9-18;3-1(4)2(5)6/h8-11,16-17,21H,4-7,12-15H2,1-3H3,(H,22,24);(H,3,4)(H,5,6). The van der Waals surface area contributed by atoms with Gasteiger partial charge in [-0.05, 0) is 77.0 Å². The Kier molecular flexibility index (Phi) is 12.2. The minimum atomic E-state index is -1.82. The smallest absolute Gasteiger partial charge is 0.414 e. The molecule has 1 aliphatic heterocycles. The molecule has 1 aliphatic rings. The highest BCUT2D eigenvalue weighted by atomic mass is 16.5. The van der Waals surface area contributed by atoms with E-state index in [2.05, 4.69) is 29.4 Å². The Balaban J connectivity index is 0.000000703. The number of hydrogen-bond acceptors (Lipinski definition) is 6. The Morgan fingerprint density at radius 1 is 1.16 bits per heavy atom. The van der Waals surface area contributed by atoms with Crippen molar-refractivity contribution in [2.45, 2.75) is 58.0 Å². The zero-order chi connectivity index (χ0) is 23.2. The number of nitrogens with zero attached hydrogens (tertiary/aromatic N) is 1. The maximum Gasteiger partial charge on any atom is 0.414 e. The second-order valence-electron chi connectivity index (χ2n) is 7.68. The molecule has 1 aromatic rings. The van der Waals surface area contributed by atoms with Gasteiger partial charge < -0.3 is 30.5 Å². The zero-order valence-corrected chi connectivity index (χ0v) is 18.6. The largest absolute Gasteiger partial charge is 0.497 e. The number of carbonyl (C=O) groups is 3. The quantitative estimate of drug-likeness (QED) is 0.343.